The summed E-state index contributed by atoms with van der Waals surface area (Å²) in [7, 11) is 0. The lowest BCUT2D eigenvalue weighted by Crippen LogP contribution is -2.39. The van der Waals surface area contributed by atoms with Crippen molar-refractivity contribution in [1.82, 2.24) is 19.5 Å². The Labute approximate surface area is 185 Å². The van der Waals surface area contributed by atoms with Gasteiger partial charge >= 0.3 is 0 Å². The molecule has 0 unspecified atom stereocenters. The van der Waals surface area contributed by atoms with Crippen LogP contribution in [0.15, 0.2) is 51.9 Å². The van der Waals surface area contributed by atoms with Gasteiger partial charge in [0.25, 0.3) is 5.56 Å². The first-order valence-electron chi connectivity index (χ1n) is 11.0. The molecule has 0 aliphatic carbocycles. The van der Waals surface area contributed by atoms with E-state index >= 15 is 0 Å². The van der Waals surface area contributed by atoms with Gasteiger partial charge in [0.05, 0.1) is 17.9 Å². The fraction of sp³-hybridized carbons (Fsp3) is 0.375. The van der Waals surface area contributed by atoms with E-state index in [0.717, 1.165) is 16.8 Å². The van der Waals surface area contributed by atoms with Gasteiger partial charge in [-0.1, -0.05) is 26.0 Å². The second-order valence-corrected chi connectivity index (χ2v) is 8.01. The van der Waals surface area contributed by atoms with Crippen LogP contribution in [0.2, 0.25) is 0 Å². The molecular weight excluding hydrogens is 408 g/mol. The maximum atomic E-state index is 13.2. The van der Waals surface area contributed by atoms with E-state index < -0.39 is 6.04 Å². The van der Waals surface area contributed by atoms with Gasteiger partial charge in [0.1, 0.15) is 23.1 Å². The molecule has 0 radical (unpaired) electrons. The molecule has 1 atom stereocenters. The standard InChI is InChI=1S/C24H28N4O4/c1-5-18(23(29)25-14-16-7-9-17(10-8-16)32-15(3)4)28-24(30)20-13-21-19(11-12-31-21)27(20)22(6-2)26-28/h7-13,15,18H,5-6,14H2,1-4H3,(H,25,29)/t18-/m0/s1. The number of furan rings is 1. The Morgan fingerprint density at radius 1 is 1.16 bits per heavy atom. The first-order chi connectivity index (χ1) is 15.4. The summed E-state index contributed by atoms with van der Waals surface area (Å²) in [5.41, 5.74) is 2.51. The molecule has 8 heteroatoms. The number of benzene rings is 1. The lowest BCUT2D eigenvalue weighted by Gasteiger charge is -2.18. The molecule has 8 nitrogen and oxygen atoms in total. The van der Waals surface area contributed by atoms with Crippen molar-refractivity contribution < 1.29 is 13.9 Å². The van der Waals surface area contributed by atoms with E-state index in [1.165, 1.54) is 4.68 Å². The van der Waals surface area contributed by atoms with E-state index in [9.17, 15) is 9.59 Å². The van der Waals surface area contributed by atoms with Gasteiger partial charge < -0.3 is 14.5 Å². The third kappa shape index (κ3) is 4.00. The van der Waals surface area contributed by atoms with Gasteiger partial charge in [-0.25, -0.2) is 4.68 Å². The third-order valence-corrected chi connectivity index (χ3v) is 5.39. The highest BCUT2D eigenvalue weighted by Crippen LogP contribution is 2.21. The first-order valence-corrected chi connectivity index (χ1v) is 11.0. The minimum atomic E-state index is -0.706. The molecule has 4 rings (SSSR count). The summed E-state index contributed by atoms with van der Waals surface area (Å²) in [5.74, 6) is 1.24. The number of amides is 1. The minimum absolute atomic E-state index is 0.103. The lowest BCUT2D eigenvalue weighted by molar-refractivity contribution is -0.125. The van der Waals surface area contributed by atoms with Crippen molar-refractivity contribution in [3.8, 4) is 5.75 Å². The van der Waals surface area contributed by atoms with Crippen molar-refractivity contribution in [2.24, 2.45) is 0 Å². The van der Waals surface area contributed by atoms with E-state index in [0.29, 0.717) is 36.3 Å². The summed E-state index contributed by atoms with van der Waals surface area (Å²) >= 11 is 0. The van der Waals surface area contributed by atoms with Gasteiger partial charge in [0.15, 0.2) is 5.58 Å². The molecule has 0 aliphatic rings. The van der Waals surface area contributed by atoms with E-state index in [4.69, 9.17) is 9.15 Å². The van der Waals surface area contributed by atoms with Crippen LogP contribution in [0.5, 0.6) is 5.75 Å². The topological polar surface area (TPSA) is 90.8 Å². The summed E-state index contributed by atoms with van der Waals surface area (Å²) in [6.45, 7) is 8.14. The zero-order chi connectivity index (χ0) is 22.8. The Balaban J connectivity index is 1.58. The van der Waals surface area contributed by atoms with E-state index in [1.54, 1.807) is 12.3 Å². The molecule has 3 aromatic heterocycles. The van der Waals surface area contributed by atoms with Crippen molar-refractivity contribution in [3.05, 3.63) is 64.4 Å². The molecule has 0 fully saturated rings. The second kappa shape index (κ2) is 8.90. The molecule has 168 valence electrons. The zero-order valence-electron chi connectivity index (χ0n) is 18.8. The number of carbonyl (C=O) groups is 1. The summed E-state index contributed by atoms with van der Waals surface area (Å²) < 4.78 is 14.2. The van der Waals surface area contributed by atoms with Gasteiger partial charge in [-0.2, -0.15) is 5.10 Å². The second-order valence-electron chi connectivity index (χ2n) is 8.01. The van der Waals surface area contributed by atoms with Gasteiger partial charge in [0, 0.05) is 25.1 Å². The largest absolute Gasteiger partial charge is 0.491 e. The monoisotopic (exact) mass is 436 g/mol. The van der Waals surface area contributed by atoms with Crippen molar-refractivity contribution in [3.63, 3.8) is 0 Å². The number of hydrogen-bond donors (Lipinski definition) is 1. The average molecular weight is 437 g/mol. The Kier molecular flexibility index (Phi) is 6.03. The summed E-state index contributed by atoms with van der Waals surface area (Å²) in [6, 6.07) is 10.4. The summed E-state index contributed by atoms with van der Waals surface area (Å²) in [6.07, 6.45) is 2.74. The highest BCUT2D eigenvalue weighted by atomic mass is 16.5. The molecule has 4 aromatic rings. The molecule has 32 heavy (non-hydrogen) atoms. The van der Waals surface area contributed by atoms with Crippen LogP contribution in [0.1, 0.15) is 51.5 Å². The lowest BCUT2D eigenvalue weighted by atomic mass is 10.2. The number of ether oxygens (including phenoxy) is 1. The molecule has 1 N–H and O–H groups in total. The minimum Gasteiger partial charge on any atom is -0.491 e. The number of aromatic nitrogens is 3. The van der Waals surface area contributed by atoms with E-state index in [2.05, 4.69) is 10.4 Å². The Morgan fingerprint density at radius 3 is 2.56 bits per heavy atom. The normalized spacial score (nSPS) is 12.5. The number of fused-ring (bicyclic) bond motifs is 3. The van der Waals surface area contributed by atoms with Crippen LogP contribution in [0.3, 0.4) is 0 Å². The molecule has 1 aromatic carbocycles. The molecule has 3 heterocycles. The molecule has 0 saturated heterocycles. The average Bonchev–Trinajstić information content (AvgIpc) is 3.37. The highest BCUT2D eigenvalue weighted by Gasteiger charge is 2.24. The van der Waals surface area contributed by atoms with Crippen LogP contribution >= 0.6 is 0 Å². The number of nitrogens with zero attached hydrogens (tertiary/aromatic N) is 3. The molecule has 1 amide bonds. The maximum absolute atomic E-state index is 13.2. The van der Waals surface area contributed by atoms with Crippen molar-refractivity contribution in [2.45, 2.75) is 59.2 Å². The van der Waals surface area contributed by atoms with E-state index in [-0.39, 0.29) is 17.6 Å². The number of carbonyl (C=O) groups excluding carboxylic acids is 1. The van der Waals surface area contributed by atoms with Crippen LogP contribution < -0.4 is 15.6 Å². The van der Waals surface area contributed by atoms with Gasteiger partial charge in [-0.15, -0.1) is 0 Å². The number of aryl methyl sites for hydroxylation is 1. The SMILES string of the molecule is CCc1nn([C@@H](CC)C(=O)NCc2ccc(OC(C)C)cc2)c(=O)c2cc3occc3n12. The van der Waals surface area contributed by atoms with Crippen molar-refractivity contribution in [1.29, 1.82) is 0 Å². The number of hydrogen-bond acceptors (Lipinski definition) is 5. The smallest absolute Gasteiger partial charge is 0.291 e. The van der Waals surface area contributed by atoms with Gasteiger partial charge in [0.2, 0.25) is 5.91 Å². The zero-order valence-corrected chi connectivity index (χ0v) is 18.8. The first kappa shape index (κ1) is 21.7. The molecule has 0 saturated carbocycles. The van der Waals surface area contributed by atoms with E-state index in [1.807, 2.05) is 62.4 Å². The fourth-order valence-electron chi connectivity index (χ4n) is 3.87. The van der Waals surface area contributed by atoms with Crippen LogP contribution in [0, 0.1) is 0 Å². The third-order valence-electron chi connectivity index (χ3n) is 5.39. The summed E-state index contributed by atoms with van der Waals surface area (Å²) in [5, 5.41) is 7.49. The van der Waals surface area contributed by atoms with Crippen LogP contribution in [-0.2, 0) is 17.8 Å². The fourth-order valence-corrected chi connectivity index (χ4v) is 3.87. The van der Waals surface area contributed by atoms with Gasteiger partial charge in [-0.05, 0) is 38.0 Å². The van der Waals surface area contributed by atoms with Gasteiger partial charge in [-0.3, -0.25) is 14.0 Å². The quantitative estimate of drug-likeness (QED) is 0.453. The predicted octanol–water partition coefficient (Wildman–Crippen LogP) is 3.86. The van der Waals surface area contributed by atoms with Crippen molar-refractivity contribution in [2.75, 3.05) is 0 Å². The molecular formula is C24H28N4O4. The number of rotatable bonds is 8. The van der Waals surface area contributed by atoms with Crippen LogP contribution in [0.4, 0.5) is 0 Å². The predicted molar refractivity (Wildman–Crippen MR) is 122 cm³/mol. The van der Waals surface area contributed by atoms with Crippen LogP contribution in [-0.4, -0.2) is 26.2 Å². The van der Waals surface area contributed by atoms with Crippen LogP contribution in [0.25, 0.3) is 16.6 Å². The molecule has 0 spiro atoms. The van der Waals surface area contributed by atoms with Crippen molar-refractivity contribution >= 4 is 22.5 Å². The molecule has 0 aliphatic heterocycles. The Bertz CT molecular complexity index is 1300. The Hall–Kier alpha value is -3.55. The maximum Gasteiger partial charge on any atom is 0.291 e. The summed E-state index contributed by atoms with van der Waals surface area (Å²) in [4.78, 5) is 26.2. The molecule has 0 bridgehead atoms. The highest BCUT2D eigenvalue weighted by molar-refractivity contribution is 5.83. The Morgan fingerprint density at radius 2 is 1.91 bits per heavy atom. The number of nitrogens with one attached hydrogen (secondary N) is 1.